The molecule has 0 aromatic heterocycles. The van der Waals surface area contributed by atoms with Crippen molar-refractivity contribution in [3.05, 3.63) is 76.6 Å². The lowest BCUT2D eigenvalue weighted by Gasteiger charge is -2.58. The van der Waals surface area contributed by atoms with Crippen molar-refractivity contribution in [3.63, 3.8) is 0 Å². The normalized spacial score (nSPS) is 31.4. The molecule has 0 spiro atoms. The number of hydrogen-bond acceptors (Lipinski definition) is 7. The van der Waals surface area contributed by atoms with Crippen LogP contribution in [-0.2, 0) is 4.74 Å². The van der Waals surface area contributed by atoms with Gasteiger partial charge in [-0.25, -0.2) is 4.79 Å². The first-order valence-corrected chi connectivity index (χ1v) is 24.3. The zero-order chi connectivity index (χ0) is 38.6. The summed E-state index contributed by atoms with van der Waals surface area (Å²) in [7, 11) is 0. The van der Waals surface area contributed by atoms with E-state index in [2.05, 4.69) is 79.4 Å². The molecule has 2 amide bonds. The number of fused-ring (bicyclic) bond motifs is 5. The molecule has 1 aromatic rings. The van der Waals surface area contributed by atoms with E-state index in [1.165, 1.54) is 59.8 Å². The van der Waals surface area contributed by atoms with Crippen molar-refractivity contribution in [2.45, 2.75) is 118 Å². The van der Waals surface area contributed by atoms with E-state index in [-0.39, 0.29) is 23.5 Å². The van der Waals surface area contributed by atoms with Gasteiger partial charge in [-0.2, -0.15) is 0 Å². The van der Waals surface area contributed by atoms with Crippen molar-refractivity contribution >= 4 is 59.0 Å². The smallest absolute Gasteiger partial charge is 0.407 e. The Morgan fingerprint density at radius 2 is 1.65 bits per heavy atom. The summed E-state index contributed by atoms with van der Waals surface area (Å²) in [5.41, 5.74) is 3.77. The molecule has 55 heavy (non-hydrogen) atoms. The van der Waals surface area contributed by atoms with Crippen LogP contribution in [0.4, 0.5) is 4.79 Å². The molecule has 296 valence electrons. The number of allylic oxidation sites excluding steroid dienone is 2. The molecular formula is C46H60N2O3S4. The van der Waals surface area contributed by atoms with Gasteiger partial charge in [0, 0.05) is 30.6 Å². The Bertz CT molecular complexity index is 1760. The summed E-state index contributed by atoms with van der Waals surface area (Å²) in [5.74, 6) is 11.3. The predicted molar refractivity (Wildman–Crippen MR) is 236 cm³/mol. The first-order chi connectivity index (χ1) is 26.5. The highest BCUT2D eigenvalue weighted by Gasteiger charge is 2.59. The molecule has 9 heteroatoms. The molecular weight excluding hydrogens is 757 g/mol. The lowest BCUT2D eigenvalue weighted by molar-refractivity contribution is -0.0581. The molecule has 0 saturated heterocycles. The van der Waals surface area contributed by atoms with E-state index < -0.39 is 0 Å². The number of nitrogens with one attached hydrogen (secondary N) is 2. The molecule has 3 fully saturated rings. The Morgan fingerprint density at radius 3 is 2.44 bits per heavy atom. The highest BCUT2D eigenvalue weighted by molar-refractivity contribution is 8.33. The molecule has 0 radical (unpaired) electrons. The van der Waals surface area contributed by atoms with Crippen LogP contribution in [0.3, 0.4) is 0 Å². The second kappa shape index (κ2) is 18.2. The highest BCUT2D eigenvalue weighted by Crippen LogP contribution is 2.67. The molecule has 6 aliphatic rings. The molecule has 3 saturated carbocycles. The molecule has 0 bridgehead atoms. The number of ether oxygens (including phenoxy) is 1. The van der Waals surface area contributed by atoms with E-state index in [1.807, 2.05) is 24.3 Å². The third-order valence-electron chi connectivity index (χ3n) is 14.0. The fraction of sp³-hybridized carbons (Fsp3) is 0.609. The molecule has 2 N–H and O–H groups in total. The maximum atomic E-state index is 12.8. The zero-order valence-corrected chi connectivity index (χ0v) is 36.7. The van der Waals surface area contributed by atoms with E-state index in [0.717, 1.165) is 65.2 Å². The van der Waals surface area contributed by atoms with Crippen LogP contribution in [-0.4, -0.2) is 31.2 Å². The summed E-state index contributed by atoms with van der Waals surface area (Å²) >= 11 is 6.97. The summed E-state index contributed by atoms with van der Waals surface area (Å²) in [6.45, 7) is 13.4. The maximum Gasteiger partial charge on any atom is 0.407 e. The van der Waals surface area contributed by atoms with Crippen LogP contribution in [0.5, 0.6) is 0 Å². The number of alkyl carbamates (subject to hydrolysis) is 1. The molecule has 5 nitrogen and oxygen atoms in total. The molecule has 7 rings (SSSR count). The van der Waals surface area contributed by atoms with Crippen LogP contribution in [0.1, 0.15) is 128 Å². The summed E-state index contributed by atoms with van der Waals surface area (Å²) in [4.78, 5) is 26.6. The van der Waals surface area contributed by atoms with Crippen molar-refractivity contribution in [1.29, 1.82) is 0 Å². The second-order valence-electron chi connectivity index (χ2n) is 17.7. The predicted octanol–water partition coefficient (Wildman–Crippen LogP) is 12.7. The third-order valence-corrected chi connectivity index (χ3v) is 18.9. The number of thioether (sulfide) groups is 4. The van der Waals surface area contributed by atoms with Crippen LogP contribution in [0.15, 0.2) is 65.5 Å². The lowest BCUT2D eigenvalue weighted by atomic mass is 9.47. The molecule has 2 aliphatic heterocycles. The number of benzene rings is 1. The van der Waals surface area contributed by atoms with Gasteiger partial charge in [-0.1, -0.05) is 124 Å². The van der Waals surface area contributed by atoms with Gasteiger partial charge in [0.25, 0.3) is 5.91 Å². The van der Waals surface area contributed by atoms with Gasteiger partial charge >= 0.3 is 6.09 Å². The Kier molecular flexibility index (Phi) is 13.6. The van der Waals surface area contributed by atoms with Gasteiger partial charge in [0.15, 0.2) is 0 Å². The van der Waals surface area contributed by atoms with Crippen LogP contribution in [0, 0.1) is 58.2 Å². The molecule has 4 aliphatic carbocycles. The Balaban J connectivity index is 0.811. The van der Waals surface area contributed by atoms with E-state index in [9.17, 15) is 9.59 Å². The van der Waals surface area contributed by atoms with Gasteiger partial charge in [-0.05, 0) is 138 Å². The summed E-state index contributed by atoms with van der Waals surface area (Å²) in [6, 6.07) is 7.41. The third kappa shape index (κ3) is 9.45. The van der Waals surface area contributed by atoms with Gasteiger partial charge in [-0.3, -0.25) is 4.79 Å². The summed E-state index contributed by atoms with van der Waals surface area (Å²) in [6.07, 6.45) is 16.7. The highest BCUT2D eigenvalue weighted by atomic mass is 32.2. The summed E-state index contributed by atoms with van der Waals surface area (Å²) in [5, 5.41) is 12.2. The van der Waals surface area contributed by atoms with Crippen molar-refractivity contribution in [2.24, 2.45) is 46.3 Å². The second-order valence-corrected chi connectivity index (χ2v) is 22.0. The van der Waals surface area contributed by atoms with E-state index in [1.54, 1.807) is 52.6 Å². The van der Waals surface area contributed by atoms with Crippen molar-refractivity contribution < 1.29 is 14.3 Å². The topological polar surface area (TPSA) is 67.4 Å². The fourth-order valence-electron chi connectivity index (χ4n) is 11.1. The van der Waals surface area contributed by atoms with Gasteiger partial charge < -0.3 is 15.4 Å². The van der Waals surface area contributed by atoms with E-state index >= 15 is 0 Å². The van der Waals surface area contributed by atoms with Crippen molar-refractivity contribution in [1.82, 2.24) is 10.6 Å². The van der Waals surface area contributed by atoms with Gasteiger partial charge in [0.1, 0.15) is 6.10 Å². The minimum absolute atomic E-state index is 0.0605. The standard InChI is InChI=1S/C46H60N2O3S4/c1-30(2)8-6-9-31(3)38-18-19-39-37-17-15-34-28-35(20-22-45(34,4)40(37)21-23-46(38,39)5)51-44(50)48-25-7-24-47-41(49)33-13-10-32(11-14-33)12-16-36-29-54-43(55-36)42-52-26-27-53-42/h10-11,13-15,26-27,29-31,35,37-40H,6-9,17-25,28H2,1-5H3,(H,47,49)(H,48,50)/t31-,35+,37+,38-,39+,40+,45+,46-/m1/s1. The molecule has 0 unspecified atom stereocenters. The first kappa shape index (κ1) is 41.1. The number of rotatable bonds is 11. The number of amides is 2. The molecule has 1 aromatic carbocycles. The van der Waals surface area contributed by atoms with E-state index in [4.69, 9.17) is 4.74 Å². The quantitative estimate of drug-likeness (QED) is 0.131. The molecule has 2 heterocycles. The SMILES string of the molecule is CC(C)CCC[C@@H](C)[C@H]1CC[C@H]2[C@@H]3CC=C4C[C@@H](OC(=O)NCCCNC(=O)c5ccc(C#CC6=CSC(=C7SC=CS7)S6)cc5)CC[C@]4(C)[C@H]3CC[C@]12C. The average molecular weight is 817 g/mol. The summed E-state index contributed by atoms with van der Waals surface area (Å²) < 4.78 is 8.59. The number of hydrogen-bond donors (Lipinski definition) is 2. The molecule has 8 atom stereocenters. The minimum atomic E-state index is -0.342. The van der Waals surface area contributed by atoms with E-state index in [0.29, 0.717) is 30.5 Å². The van der Waals surface area contributed by atoms with Gasteiger partial charge in [0.2, 0.25) is 0 Å². The first-order valence-electron chi connectivity index (χ1n) is 20.8. The van der Waals surface area contributed by atoms with Gasteiger partial charge in [0.05, 0.1) is 13.4 Å². The van der Waals surface area contributed by atoms with Crippen molar-refractivity contribution in [2.75, 3.05) is 13.1 Å². The number of carbonyl (C=O) groups is 2. The monoisotopic (exact) mass is 816 g/mol. The Labute approximate surface area is 347 Å². The number of carbonyl (C=O) groups excluding carboxylic acids is 2. The van der Waals surface area contributed by atoms with Crippen molar-refractivity contribution in [3.8, 4) is 11.8 Å². The fourth-order valence-corrected chi connectivity index (χ4v) is 15.3. The average Bonchev–Trinajstić information content (AvgIpc) is 3.94. The Morgan fingerprint density at radius 1 is 0.873 bits per heavy atom. The minimum Gasteiger partial charge on any atom is -0.446 e. The van der Waals surface area contributed by atoms with Crippen LogP contribution in [0.2, 0.25) is 0 Å². The van der Waals surface area contributed by atoms with Crippen LogP contribution >= 0.6 is 47.0 Å². The van der Waals surface area contributed by atoms with Crippen LogP contribution in [0.25, 0.3) is 0 Å². The van der Waals surface area contributed by atoms with Crippen LogP contribution < -0.4 is 10.6 Å². The largest absolute Gasteiger partial charge is 0.446 e. The van der Waals surface area contributed by atoms with Gasteiger partial charge in [-0.15, -0.1) is 0 Å². The lowest BCUT2D eigenvalue weighted by Crippen LogP contribution is -2.51. The maximum absolute atomic E-state index is 12.8. The Hall–Kier alpha value is -2.12. The zero-order valence-electron chi connectivity index (χ0n) is 33.4.